The highest BCUT2D eigenvalue weighted by molar-refractivity contribution is 5.94. The van der Waals surface area contributed by atoms with Gasteiger partial charge in [0.05, 0.1) is 41.9 Å². The highest BCUT2D eigenvalue weighted by Gasteiger charge is 2.32. The zero-order chi connectivity index (χ0) is 17.8. The summed E-state index contributed by atoms with van der Waals surface area (Å²) in [6.45, 7) is 4.40. The predicted molar refractivity (Wildman–Crippen MR) is 91.5 cm³/mol. The van der Waals surface area contributed by atoms with Crippen LogP contribution >= 0.6 is 0 Å². The van der Waals surface area contributed by atoms with E-state index in [4.69, 9.17) is 0 Å². The van der Waals surface area contributed by atoms with Gasteiger partial charge in [-0.2, -0.15) is 0 Å². The zero-order valence-electron chi connectivity index (χ0n) is 14.4. The Labute approximate surface area is 146 Å². The quantitative estimate of drug-likeness (QED) is 0.917. The first-order valence-corrected chi connectivity index (χ1v) is 8.32. The van der Waals surface area contributed by atoms with Gasteiger partial charge >= 0.3 is 0 Å². The molecular weight excluding hydrogens is 318 g/mol. The van der Waals surface area contributed by atoms with Crippen molar-refractivity contribution >= 4 is 11.8 Å². The Balaban J connectivity index is 1.80. The molecule has 3 heterocycles. The van der Waals surface area contributed by atoms with Gasteiger partial charge < -0.3 is 10.2 Å². The van der Waals surface area contributed by atoms with Crippen LogP contribution in [0.15, 0.2) is 30.9 Å². The molecule has 1 unspecified atom stereocenters. The third-order valence-corrected chi connectivity index (χ3v) is 4.20. The molecule has 2 amide bonds. The minimum absolute atomic E-state index is 0.0345. The molecule has 130 valence electrons. The highest BCUT2D eigenvalue weighted by atomic mass is 16.2. The first kappa shape index (κ1) is 17.0. The number of amides is 2. The molecular formula is C18H21N5O2. The number of hydrogen-bond donors (Lipinski definition) is 1. The lowest BCUT2D eigenvalue weighted by Gasteiger charge is -2.24. The Morgan fingerprint density at radius 3 is 2.80 bits per heavy atom. The number of pyridine rings is 1. The fraction of sp³-hybridized carbons (Fsp3) is 0.389. The van der Waals surface area contributed by atoms with E-state index < -0.39 is 0 Å². The molecule has 2 aromatic rings. The Kier molecular flexibility index (Phi) is 5.02. The molecule has 1 saturated heterocycles. The van der Waals surface area contributed by atoms with Crippen molar-refractivity contribution < 1.29 is 9.59 Å². The number of nitrogens with one attached hydrogen (secondary N) is 1. The molecule has 1 atom stereocenters. The summed E-state index contributed by atoms with van der Waals surface area (Å²) in [6.07, 6.45) is 8.43. The number of aryl methyl sites for hydroxylation is 1. The number of likely N-dealkylation sites (tertiary alicyclic amines) is 1. The maximum absolute atomic E-state index is 12.9. The minimum atomic E-state index is -0.114. The lowest BCUT2D eigenvalue weighted by molar-refractivity contribution is -0.119. The van der Waals surface area contributed by atoms with Gasteiger partial charge in [-0.1, -0.05) is 0 Å². The number of carbonyl (C=O) groups is 2. The van der Waals surface area contributed by atoms with Crippen molar-refractivity contribution in [2.24, 2.45) is 0 Å². The maximum Gasteiger partial charge on any atom is 0.255 e. The maximum atomic E-state index is 12.9. The number of nitrogens with zero attached hydrogens (tertiary/aromatic N) is 4. The topological polar surface area (TPSA) is 88.1 Å². The predicted octanol–water partition coefficient (Wildman–Crippen LogP) is 1.79. The molecule has 0 radical (unpaired) electrons. The summed E-state index contributed by atoms with van der Waals surface area (Å²) >= 11 is 0. The van der Waals surface area contributed by atoms with E-state index in [0.717, 1.165) is 24.1 Å². The van der Waals surface area contributed by atoms with E-state index in [1.807, 2.05) is 17.9 Å². The van der Waals surface area contributed by atoms with Gasteiger partial charge in [0.15, 0.2) is 0 Å². The normalized spacial score (nSPS) is 16.7. The van der Waals surface area contributed by atoms with Crippen LogP contribution in [-0.4, -0.2) is 38.2 Å². The van der Waals surface area contributed by atoms with E-state index in [0.29, 0.717) is 24.3 Å². The van der Waals surface area contributed by atoms with Crippen LogP contribution in [0.4, 0.5) is 0 Å². The van der Waals surface area contributed by atoms with Crippen LogP contribution in [0.25, 0.3) is 0 Å². The van der Waals surface area contributed by atoms with Crippen molar-refractivity contribution in [3.05, 3.63) is 53.4 Å². The third kappa shape index (κ3) is 3.99. The standard InChI is InChI=1S/C18H21N5O2/c1-12-6-14(8-19-7-12)18(25)23-5-3-4-17(23)16-11-20-9-15(22-16)10-21-13(2)24/h6-9,11,17H,3-5,10H2,1-2H3,(H,21,24). The zero-order valence-corrected chi connectivity index (χ0v) is 14.4. The summed E-state index contributed by atoms with van der Waals surface area (Å²) < 4.78 is 0. The monoisotopic (exact) mass is 339 g/mol. The van der Waals surface area contributed by atoms with Crippen LogP contribution in [0.1, 0.15) is 53.1 Å². The molecule has 3 rings (SSSR count). The van der Waals surface area contributed by atoms with E-state index in [9.17, 15) is 9.59 Å². The van der Waals surface area contributed by atoms with E-state index in [-0.39, 0.29) is 17.9 Å². The largest absolute Gasteiger partial charge is 0.351 e. The molecule has 7 heteroatoms. The van der Waals surface area contributed by atoms with Gasteiger partial charge in [0, 0.05) is 25.9 Å². The Morgan fingerprint density at radius 2 is 2.04 bits per heavy atom. The van der Waals surface area contributed by atoms with Gasteiger partial charge in [-0.3, -0.25) is 24.5 Å². The first-order chi connectivity index (χ1) is 12.0. The van der Waals surface area contributed by atoms with Crippen LogP contribution in [0.5, 0.6) is 0 Å². The molecule has 1 N–H and O–H groups in total. The summed E-state index contributed by atoms with van der Waals surface area (Å²) in [5, 5.41) is 2.72. The molecule has 0 spiro atoms. The molecule has 0 bridgehead atoms. The Bertz CT molecular complexity index is 793. The van der Waals surface area contributed by atoms with Crippen molar-refractivity contribution in [3.63, 3.8) is 0 Å². The van der Waals surface area contributed by atoms with Gasteiger partial charge in [0.2, 0.25) is 5.91 Å². The fourth-order valence-corrected chi connectivity index (χ4v) is 3.04. The summed E-state index contributed by atoms with van der Waals surface area (Å²) in [7, 11) is 0. The van der Waals surface area contributed by atoms with Crippen LogP contribution < -0.4 is 5.32 Å². The summed E-state index contributed by atoms with van der Waals surface area (Å²) in [5.74, 6) is -0.149. The van der Waals surface area contributed by atoms with E-state index in [1.165, 1.54) is 6.92 Å². The average molecular weight is 339 g/mol. The van der Waals surface area contributed by atoms with Crippen LogP contribution in [0.2, 0.25) is 0 Å². The fourth-order valence-electron chi connectivity index (χ4n) is 3.04. The third-order valence-electron chi connectivity index (χ3n) is 4.20. The lowest BCUT2D eigenvalue weighted by Crippen LogP contribution is -2.31. The smallest absolute Gasteiger partial charge is 0.255 e. The van der Waals surface area contributed by atoms with Crippen molar-refractivity contribution in [1.29, 1.82) is 0 Å². The molecule has 2 aromatic heterocycles. The van der Waals surface area contributed by atoms with Crippen molar-refractivity contribution in [2.75, 3.05) is 6.54 Å². The molecule has 0 saturated carbocycles. The number of hydrogen-bond acceptors (Lipinski definition) is 5. The Morgan fingerprint density at radius 1 is 1.24 bits per heavy atom. The van der Waals surface area contributed by atoms with Crippen molar-refractivity contribution in [3.8, 4) is 0 Å². The SMILES string of the molecule is CC(=O)NCc1cncc(C2CCCN2C(=O)c2cncc(C)c2)n1. The van der Waals surface area contributed by atoms with Gasteiger partial charge in [-0.25, -0.2) is 0 Å². The second-order valence-electron chi connectivity index (χ2n) is 6.25. The van der Waals surface area contributed by atoms with E-state index in [1.54, 1.807) is 24.8 Å². The summed E-state index contributed by atoms with van der Waals surface area (Å²) in [4.78, 5) is 38.7. The number of aromatic nitrogens is 3. The van der Waals surface area contributed by atoms with Crippen LogP contribution in [0.3, 0.4) is 0 Å². The molecule has 1 aliphatic rings. The van der Waals surface area contributed by atoms with E-state index >= 15 is 0 Å². The van der Waals surface area contributed by atoms with Crippen LogP contribution in [0, 0.1) is 6.92 Å². The lowest BCUT2D eigenvalue weighted by atomic mass is 10.1. The highest BCUT2D eigenvalue weighted by Crippen LogP contribution is 2.31. The average Bonchev–Trinajstić information content (AvgIpc) is 3.09. The molecule has 1 fully saturated rings. The number of carbonyl (C=O) groups excluding carboxylic acids is 2. The first-order valence-electron chi connectivity index (χ1n) is 8.32. The molecule has 25 heavy (non-hydrogen) atoms. The van der Waals surface area contributed by atoms with Gasteiger partial charge in [0.1, 0.15) is 0 Å². The molecule has 7 nitrogen and oxygen atoms in total. The van der Waals surface area contributed by atoms with Crippen molar-refractivity contribution in [2.45, 2.75) is 39.3 Å². The number of rotatable bonds is 4. The second kappa shape index (κ2) is 7.38. The minimum Gasteiger partial charge on any atom is -0.351 e. The summed E-state index contributed by atoms with van der Waals surface area (Å²) in [5.41, 5.74) is 2.99. The van der Waals surface area contributed by atoms with Gasteiger partial charge in [-0.05, 0) is 31.4 Å². The van der Waals surface area contributed by atoms with Crippen LogP contribution in [-0.2, 0) is 11.3 Å². The summed E-state index contributed by atoms with van der Waals surface area (Å²) in [6, 6.07) is 1.75. The molecule has 1 aliphatic heterocycles. The van der Waals surface area contributed by atoms with Gasteiger partial charge in [-0.15, -0.1) is 0 Å². The second-order valence-corrected chi connectivity index (χ2v) is 6.25. The van der Waals surface area contributed by atoms with Gasteiger partial charge in [0.25, 0.3) is 5.91 Å². The van der Waals surface area contributed by atoms with Crippen molar-refractivity contribution in [1.82, 2.24) is 25.2 Å². The molecule has 0 aromatic carbocycles. The molecule has 0 aliphatic carbocycles. The van der Waals surface area contributed by atoms with E-state index in [2.05, 4.69) is 20.3 Å². The Hall–Kier alpha value is -2.83.